The summed E-state index contributed by atoms with van der Waals surface area (Å²) in [6.07, 6.45) is 1.89. The molecule has 0 bridgehead atoms. The number of carbonyl (C=O) groups is 1. The van der Waals surface area contributed by atoms with Gasteiger partial charge < -0.3 is 9.47 Å². The van der Waals surface area contributed by atoms with E-state index in [4.69, 9.17) is 9.47 Å². The van der Waals surface area contributed by atoms with Gasteiger partial charge in [0.2, 0.25) is 5.91 Å². The molecule has 0 unspecified atom stereocenters. The zero-order valence-corrected chi connectivity index (χ0v) is 13.6. The van der Waals surface area contributed by atoms with Crippen LogP contribution in [0.4, 0.5) is 0 Å². The van der Waals surface area contributed by atoms with Crippen molar-refractivity contribution in [2.75, 3.05) is 14.2 Å². The first-order valence-electron chi connectivity index (χ1n) is 6.70. The Balaban J connectivity index is 2.03. The van der Waals surface area contributed by atoms with Crippen LogP contribution in [0.25, 0.3) is 0 Å². The molecule has 0 aliphatic carbocycles. The molecular weight excluding hydrogens is 300 g/mol. The Kier molecular flexibility index (Phi) is 5.55. The molecule has 0 aliphatic rings. The van der Waals surface area contributed by atoms with Gasteiger partial charge in [0, 0.05) is 11.1 Å². The number of methoxy groups -OCH3 is 2. The van der Waals surface area contributed by atoms with Gasteiger partial charge in [0.1, 0.15) is 11.5 Å². The van der Waals surface area contributed by atoms with E-state index in [0.717, 1.165) is 22.4 Å². The van der Waals surface area contributed by atoms with Crippen LogP contribution >= 0.6 is 11.3 Å². The van der Waals surface area contributed by atoms with Crippen molar-refractivity contribution in [1.29, 1.82) is 0 Å². The smallest absolute Gasteiger partial charge is 0.244 e. The quantitative estimate of drug-likeness (QED) is 0.658. The molecule has 2 rings (SSSR count). The number of hydrogen-bond donors (Lipinski definition) is 1. The number of ether oxygens (including phenoxy) is 2. The van der Waals surface area contributed by atoms with Gasteiger partial charge in [-0.05, 0) is 41.4 Å². The molecule has 0 saturated heterocycles. The van der Waals surface area contributed by atoms with Crippen LogP contribution in [0.3, 0.4) is 0 Å². The molecule has 0 fully saturated rings. The second-order valence-corrected chi connectivity index (χ2v) is 5.40. The predicted octanol–water partition coefficient (Wildman–Crippen LogP) is 2.77. The van der Waals surface area contributed by atoms with Gasteiger partial charge in [0.25, 0.3) is 0 Å². The first-order valence-corrected chi connectivity index (χ1v) is 7.64. The maximum atomic E-state index is 11.8. The lowest BCUT2D eigenvalue weighted by molar-refractivity contribution is -0.120. The molecule has 5 nitrogen and oxygen atoms in total. The van der Waals surface area contributed by atoms with Crippen molar-refractivity contribution in [2.24, 2.45) is 5.10 Å². The van der Waals surface area contributed by atoms with Gasteiger partial charge in [0.15, 0.2) is 0 Å². The van der Waals surface area contributed by atoms with E-state index in [9.17, 15) is 4.79 Å². The van der Waals surface area contributed by atoms with Crippen LogP contribution in [0.15, 0.2) is 34.1 Å². The van der Waals surface area contributed by atoms with Crippen molar-refractivity contribution in [3.63, 3.8) is 0 Å². The molecule has 0 radical (unpaired) electrons. The second-order valence-electron chi connectivity index (χ2n) is 4.62. The monoisotopic (exact) mass is 318 g/mol. The summed E-state index contributed by atoms with van der Waals surface area (Å²) in [6, 6.07) is 5.59. The van der Waals surface area contributed by atoms with Gasteiger partial charge in [-0.15, -0.1) is 0 Å². The number of hydrazone groups is 1. The lowest BCUT2D eigenvalue weighted by Crippen LogP contribution is -2.19. The Morgan fingerprint density at radius 2 is 2.14 bits per heavy atom. The normalized spacial score (nSPS) is 10.7. The summed E-state index contributed by atoms with van der Waals surface area (Å²) >= 11 is 1.57. The highest BCUT2D eigenvalue weighted by atomic mass is 32.1. The van der Waals surface area contributed by atoms with Gasteiger partial charge in [-0.25, -0.2) is 5.43 Å². The van der Waals surface area contributed by atoms with E-state index in [2.05, 4.69) is 10.5 Å². The molecule has 22 heavy (non-hydrogen) atoms. The number of carbonyl (C=O) groups excluding carboxylic acids is 1. The summed E-state index contributed by atoms with van der Waals surface area (Å²) < 4.78 is 10.6. The minimum atomic E-state index is -0.154. The minimum absolute atomic E-state index is 0.154. The summed E-state index contributed by atoms with van der Waals surface area (Å²) in [4.78, 5) is 11.8. The van der Waals surface area contributed by atoms with Crippen LogP contribution in [0.2, 0.25) is 0 Å². The van der Waals surface area contributed by atoms with Gasteiger partial charge in [-0.3, -0.25) is 4.79 Å². The van der Waals surface area contributed by atoms with Crippen molar-refractivity contribution in [3.8, 4) is 11.5 Å². The van der Waals surface area contributed by atoms with Crippen LogP contribution in [0, 0.1) is 6.92 Å². The van der Waals surface area contributed by atoms with Crippen LogP contribution in [-0.2, 0) is 11.2 Å². The van der Waals surface area contributed by atoms with Gasteiger partial charge in [-0.2, -0.15) is 16.4 Å². The Hall–Kier alpha value is -2.34. The Morgan fingerprint density at radius 3 is 2.77 bits per heavy atom. The summed E-state index contributed by atoms with van der Waals surface area (Å²) in [5.41, 5.74) is 5.16. The number of nitrogens with zero attached hydrogens (tertiary/aromatic N) is 1. The molecule has 2 aromatic rings. The van der Waals surface area contributed by atoms with E-state index in [-0.39, 0.29) is 5.91 Å². The lowest BCUT2D eigenvalue weighted by Gasteiger charge is -2.11. The van der Waals surface area contributed by atoms with Crippen molar-refractivity contribution in [3.05, 3.63) is 45.6 Å². The van der Waals surface area contributed by atoms with Crippen molar-refractivity contribution in [2.45, 2.75) is 13.3 Å². The molecular formula is C16H18N2O3S. The molecule has 1 N–H and O–H groups in total. The fourth-order valence-corrected chi connectivity index (χ4v) is 2.75. The third-order valence-electron chi connectivity index (χ3n) is 3.15. The average Bonchev–Trinajstić information content (AvgIpc) is 3.00. The fourth-order valence-electron chi connectivity index (χ4n) is 2.08. The zero-order valence-electron chi connectivity index (χ0n) is 12.8. The molecule has 116 valence electrons. The van der Waals surface area contributed by atoms with E-state index in [1.165, 1.54) is 0 Å². The molecule has 1 aromatic carbocycles. The predicted molar refractivity (Wildman–Crippen MR) is 88.0 cm³/mol. The topological polar surface area (TPSA) is 59.9 Å². The lowest BCUT2D eigenvalue weighted by atomic mass is 10.1. The number of benzene rings is 1. The Bertz CT molecular complexity index is 666. The molecule has 0 aliphatic heterocycles. The summed E-state index contributed by atoms with van der Waals surface area (Å²) in [7, 11) is 3.20. The standard InChI is InChI=1S/C16H18N2O3S/c1-11-14(20-2)5-4-13(16(11)21-3)9-17-18-15(19)8-12-6-7-22-10-12/h4-7,9-10H,8H2,1-3H3,(H,18,19). The molecule has 0 spiro atoms. The van der Waals surface area contributed by atoms with E-state index >= 15 is 0 Å². The first kappa shape index (κ1) is 16.0. The van der Waals surface area contributed by atoms with Gasteiger partial charge >= 0.3 is 0 Å². The van der Waals surface area contributed by atoms with E-state index < -0.39 is 0 Å². The molecule has 1 heterocycles. The molecule has 1 amide bonds. The largest absolute Gasteiger partial charge is 0.496 e. The fraction of sp³-hybridized carbons (Fsp3) is 0.250. The third kappa shape index (κ3) is 3.85. The summed E-state index contributed by atoms with van der Waals surface area (Å²) in [5, 5.41) is 7.87. The Labute approximate surface area is 133 Å². The first-order chi connectivity index (χ1) is 10.7. The Morgan fingerprint density at radius 1 is 1.32 bits per heavy atom. The van der Waals surface area contributed by atoms with E-state index in [1.54, 1.807) is 31.8 Å². The highest BCUT2D eigenvalue weighted by molar-refractivity contribution is 7.07. The maximum Gasteiger partial charge on any atom is 0.244 e. The van der Waals surface area contributed by atoms with Gasteiger partial charge in [0.05, 0.1) is 26.9 Å². The van der Waals surface area contributed by atoms with Crippen molar-refractivity contribution < 1.29 is 14.3 Å². The SMILES string of the molecule is COc1ccc(C=NNC(=O)Cc2ccsc2)c(OC)c1C. The summed E-state index contributed by atoms with van der Waals surface area (Å²) in [6.45, 7) is 1.91. The third-order valence-corrected chi connectivity index (χ3v) is 3.88. The van der Waals surface area contributed by atoms with Crippen molar-refractivity contribution >= 4 is 23.5 Å². The number of nitrogens with one attached hydrogen (secondary N) is 1. The highest BCUT2D eigenvalue weighted by Gasteiger charge is 2.09. The van der Waals surface area contributed by atoms with Gasteiger partial charge in [-0.1, -0.05) is 0 Å². The molecule has 6 heteroatoms. The van der Waals surface area contributed by atoms with Crippen LogP contribution in [0.1, 0.15) is 16.7 Å². The number of hydrogen-bond acceptors (Lipinski definition) is 5. The van der Waals surface area contributed by atoms with Crippen LogP contribution in [-0.4, -0.2) is 26.3 Å². The maximum absolute atomic E-state index is 11.8. The minimum Gasteiger partial charge on any atom is -0.496 e. The number of amides is 1. The summed E-state index contributed by atoms with van der Waals surface area (Å²) in [5.74, 6) is 1.27. The average molecular weight is 318 g/mol. The van der Waals surface area contributed by atoms with Crippen LogP contribution in [0.5, 0.6) is 11.5 Å². The number of thiophene rings is 1. The van der Waals surface area contributed by atoms with E-state index in [0.29, 0.717) is 12.2 Å². The second kappa shape index (κ2) is 7.61. The van der Waals surface area contributed by atoms with Crippen molar-refractivity contribution in [1.82, 2.24) is 5.43 Å². The van der Waals surface area contributed by atoms with Crippen LogP contribution < -0.4 is 14.9 Å². The highest BCUT2D eigenvalue weighted by Crippen LogP contribution is 2.30. The molecule has 0 atom stereocenters. The molecule has 1 aromatic heterocycles. The van der Waals surface area contributed by atoms with E-state index in [1.807, 2.05) is 35.9 Å². The zero-order chi connectivity index (χ0) is 15.9. The number of rotatable bonds is 6. The molecule has 0 saturated carbocycles.